The van der Waals surface area contributed by atoms with Crippen LogP contribution in [0.25, 0.3) is 22.3 Å². The van der Waals surface area contributed by atoms with Gasteiger partial charge in [-0.25, -0.2) is 9.78 Å². The molecule has 0 N–H and O–H groups in total. The number of aromatic nitrogens is 3. The third-order valence-corrected chi connectivity index (χ3v) is 4.85. The molecular weight excluding hydrogens is 314 g/mol. The third kappa shape index (κ3) is 2.73. The van der Waals surface area contributed by atoms with Gasteiger partial charge in [-0.1, -0.05) is 12.1 Å². The molecule has 0 aliphatic carbocycles. The molecule has 2 amide bonds. The summed E-state index contributed by atoms with van der Waals surface area (Å²) in [7, 11) is 1.84. The van der Waals surface area contributed by atoms with Gasteiger partial charge in [-0.05, 0) is 24.6 Å². The quantitative estimate of drug-likeness (QED) is 0.737. The minimum Gasteiger partial charge on any atom is -0.329 e. The zero-order chi connectivity index (χ0) is 17.4. The van der Waals surface area contributed by atoms with Gasteiger partial charge in [-0.2, -0.15) is 0 Å². The molecule has 0 spiro atoms. The summed E-state index contributed by atoms with van der Waals surface area (Å²) in [5, 5.41) is 1.10. The van der Waals surface area contributed by atoms with Crippen molar-refractivity contribution in [3.63, 3.8) is 0 Å². The topological polar surface area (TPSA) is 54.3 Å². The van der Waals surface area contributed by atoms with Crippen LogP contribution in [-0.4, -0.2) is 57.0 Å². The number of imidazole rings is 1. The molecule has 1 aromatic carbocycles. The van der Waals surface area contributed by atoms with E-state index in [0.717, 1.165) is 41.9 Å². The van der Waals surface area contributed by atoms with Gasteiger partial charge in [0.05, 0.1) is 5.52 Å². The van der Waals surface area contributed by atoms with E-state index < -0.39 is 0 Å². The highest BCUT2D eigenvalue weighted by molar-refractivity contribution is 5.94. The first-order chi connectivity index (χ1) is 12.1. The molecule has 6 heteroatoms. The number of urea groups is 1. The molecule has 2 aromatic heterocycles. The Morgan fingerprint density at radius 2 is 1.96 bits per heavy atom. The van der Waals surface area contributed by atoms with Gasteiger partial charge in [0.15, 0.2) is 0 Å². The minimum atomic E-state index is 0.104. The smallest absolute Gasteiger partial charge is 0.319 e. The monoisotopic (exact) mass is 335 g/mol. The number of pyridine rings is 1. The van der Waals surface area contributed by atoms with Crippen molar-refractivity contribution in [2.24, 2.45) is 0 Å². The second-order valence-electron chi connectivity index (χ2n) is 6.46. The zero-order valence-corrected chi connectivity index (χ0v) is 14.5. The lowest BCUT2D eigenvalue weighted by Gasteiger charge is -2.18. The molecule has 25 heavy (non-hydrogen) atoms. The first-order valence-corrected chi connectivity index (χ1v) is 8.51. The number of likely N-dealkylation sites (N-methyl/N-ethyl adjacent to an activating group) is 1. The molecule has 0 radical (unpaired) electrons. The minimum absolute atomic E-state index is 0.104. The number of benzene rings is 1. The van der Waals surface area contributed by atoms with Crippen LogP contribution < -0.4 is 0 Å². The van der Waals surface area contributed by atoms with Crippen LogP contribution in [0.1, 0.15) is 5.56 Å². The highest BCUT2D eigenvalue weighted by atomic mass is 16.2. The second-order valence-corrected chi connectivity index (χ2v) is 6.46. The second kappa shape index (κ2) is 6.20. The van der Waals surface area contributed by atoms with Crippen LogP contribution in [0.4, 0.5) is 4.79 Å². The molecule has 1 aliphatic heterocycles. The van der Waals surface area contributed by atoms with Gasteiger partial charge in [0.2, 0.25) is 0 Å². The molecule has 4 rings (SSSR count). The van der Waals surface area contributed by atoms with E-state index in [2.05, 4.69) is 33.6 Å². The molecule has 0 bridgehead atoms. The van der Waals surface area contributed by atoms with E-state index in [0.29, 0.717) is 6.54 Å². The Kier molecular flexibility index (Phi) is 3.87. The number of nitrogens with zero attached hydrogens (tertiary/aromatic N) is 5. The molecule has 1 aliphatic rings. The first kappa shape index (κ1) is 15.6. The summed E-state index contributed by atoms with van der Waals surface area (Å²) in [5.74, 6) is 0.927. The summed E-state index contributed by atoms with van der Waals surface area (Å²) in [4.78, 5) is 24.8. The number of carbonyl (C=O) groups is 1. The van der Waals surface area contributed by atoms with Crippen molar-refractivity contribution < 1.29 is 4.79 Å². The van der Waals surface area contributed by atoms with E-state index in [1.54, 1.807) is 4.90 Å². The highest BCUT2D eigenvalue weighted by Gasteiger charge is 2.25. The van der Waals surface area contributed by atoms with Crippen molar-refractivity contribution in [3.8, 4) is 11.4 Å². The number of amides is 2. The maximum absolute atomic E-state index is 12.1. The molecule has 3 heterocycles. The number of carbonyl (C=O) groups excluding carboxylic acids is 1. The van der Waals surface area contributed by atoms with E-state index in [4.69, 9.17) is 0 Å². The zero-order valence-electron chi connectivity index (χ0n) is 14.5. The van der Waals surface area contributed by atoms with E-state index in [-0.39, 0.29) is 6.03 Å². The Bertz CT molecular complexity index is 932. The predicted molar refractivity (Wildman–Crippen MR) is 97.3 cm³/mol. The lowest BCUT2D eigenvalue weighted by molar-refractivity contribution is 0.197. The van der Waals surface area contributed by atoms with Gasteiger partial charge in [-0.3, -0.25) is 4.98 Å². The number of hydrogen-bond acceptors (Lipinski definition) is 3. The fourth-order valence-corrected chi connectivity index (χ4v) is 3.42. The Labute approximate surface area is 146 Å². The summed E-state index contributed by atoms with van der Waals surface area (Å²) in [6, 6.07) is 8.27. The molecule has 1 saturated heterocycles. The lowest BCUT2D eigenvalue weighted by atomic mass is 10.0. The van der Waals surface area contributed by atoms with Gasteiger partial charge in [-0.15, -0.1) is 0 Å². The summed E-state index contributed by atoms with van der Waals surface area (Å²) in [5.41, 5.74) is 3.25. The Hall–Kier alpha value is -2.89. The molecule has 0 atom stereocenters. The predicted octanol–water partition coefficient (Wildman–Crippen LogP) is 2.77. The van der Waals surface area contributed by atoms with Crippen LogP contribution in [0, 0.1) is 6.92 Å². The van der Waals surface area contributed by atoms with Gasteiger partial charge >= 0.3 is 6.03 Å². The third-order valence-electron chi connectivity index (χ3n) is 4.85. The van der Waals surface area contributed by atoms with Crippen molar-refractivity contribution >= 4 is 16.9 Å². The van der Waals surface area contributed by atoms with Crippen molar-refractivity contribution in [2.75, 3.05) is 26.7 Å². The van der Waals surface area contributed by atoms with Gasteiger partial charge in [0.1, 0.15) is 5.82 Å². The van der Waals surface area contributed by atoms with Crippen LogP contribution in [-0.2, 0) is 6.54 Å². The Morgan fingerprint density at radius 1 is 1.08 bits per heavy atom. The van der Waals surface area contributed by atoms with E-state index >= 15 is 0 Å². The standard InChI is InChI=1S/C19H21N5O/c1-14-5-6-16-15(4-3-7-20-16)17(14)18-21-8-9-23(18)12-13-24-11-10-22(2)19(24)25/h3-9H,10-13H2,1-2H3. The summed E-state index contributed by atoms with van der Waals surface area (Å²) in [6.07, 6.45) is 5.61. The Balaban J connectivity index is 1.66. The molecule has 1 fully saturated rings. The van der Waals surface area contributed by atoms with Crippen molar-refractivity contribution in [1.29, 1.82) is 0 Å². The molecule has 3 aromatic rings. The summed E-state index contributed by atoms with van der Waals surface area (Å²) in [6.45, 7) is 5.10. The molecule has 0 saturated carbocycles. The fraction of sp³-hybridized carbons (Fsp3) is 0.316. The normalized spacial score (nSPS) is 14.7. The maximum atomic E-state index is 12.1. The molecule has 128 valence electrons. The fourth-order valence-electron chi connectivity index (χ4n) is 3.42. The SMILES string of the molecule is Cc1ccc2ncccc2c1-c1nccn1CCN1CCN(C)C1=O. The van der Waals surface area contributed by atoms with Gasteiger partial charge in [0, 0.05) is 62.8 Å². The number of aryl methyl sites for hydroxylation is 1. The largest absolute Gasteiger partial charge is 0.329 e. The van der Waals surface area contributed by atoms with Crippen molar-refractivity contribution in [2.45, 2.75) is 13.5 Å². The average molecular weight is 335 g/mol. The van der Waals surface area contributed by atoms with Crippen LogP contribution >= 0.6 is 0 Å². The number of hydrogen-bond donors (Lipinski definition) is 0. The van der Waals surface area contributed by atoms with Crippen LogP contribution in [0.3, 0.4) is 0 Å². The van der Waals surface area contributed by atoms with Crippen LogP contribution in [0.5, 0.6) is 0 Å². The lowest BCUT2D eigenvalue weighted by Crippen LogP contribution is -2.32. The van der Waals surface area contributed by atoms with Gasteiger partial charge in [0.25, 0.3) is 0 Å². The Morgan fingerprint density at radius 3 is 2.76 bits per heavy atom. The van der Waals surface area contributed by atoms with E-state index in [1.165, 1.54) is 5.56 Å². The van der Waals surface area contributed by atoms with Crippen molar-refractivity contribution in [3.05, 3.63) is 48.4 Å². The van der Waals surface area contributed by atoms with E-state index in [1.807, 2.05) is 42.7 Å². The molecule has 0 unspecified atom stereocenters. The summed E-state index contributed by atoms with van der Waals surface area (Å²) >= 11 is 0. The molecular formula is C19H21N5O. The van der Waals surface area contributed by atoms with Crippen LogP contribution in [0.2, 0.25) is 0 Å². The number of rotatable bonds is 4. The molecule has 6 nitrogen and oxygen atoms in total. The number of fused-ring (bicyclic) bond motifs is 1. The van der Waals surface area contributed by atoms with E-state index in [9.17, 15) is 4.79 Å². The van der Waals surface area contributed by atoms with Crippen molar-refractivity contribution in [1.82, 2.24) is 24.3 Å². The highest BCUT2D eigenvalue weighted by Crippen LogP contribution is 2.30. The maximum Gasteiger partial charge on any atom is 0.319 e. The average Bonchev–Trinajstić information content (AvgIpc) is 3.20. The summed E-state index contributed by atoms with van der Waals surface area (Å²) < 4.78 is 2.13. The first-order valence-electron chi connectivity index (χ1n) is 8.51. The van der Waals surface area contributed by atoms with Crippen LogP contribution in [0.15, 0.2) is 42.9 Å². The van der Waals surface area contributed by atoms with Gasteiger partial charge < -0.3 is 14.4 Å².